The van der Waals surface area contributed by atoms with Crippen LogP contribution in [0, 0.1) is 10.1 Å². The molecule has 0 aromatic heterocycles. The van der Waals surface area contributed by atoms with Crippen LogP contribution in [-0.4, -0.2) is 29.2 Å². The molecule has 0 unspecified atom stereocenters. The number of carbonyl (C=O) groups is 1. The van der Waals surface area contributed by atoms with Crippen LogP contribution in [0.5, 0.6) is 5.75 Å². The van der Waals surface area contributed by atoms with Crippen molar-refractivity contribution in [3.05, 3.63) is 39.9 Å². The van der Waals surface area contributed by atoms with Crippen LogP contribution in [0.15, 0.2) is 24.3 Å². The molecule has 1 aromatic carbocycles. The van der Waals surface area contributed by atoms with E-state index in [4.69, 9.17) is 9.84 Å². The van der Waals surface area contributed by atoms with Crippen molar-refractivity contribution < 1.29 is 19.6 Å². The third kappa shape index (κ3) is 5.29. The van der Waals surface area contributed by atoms with Gasteiger partial charge < -0.3 is 9.84 Å². The topological polar surface area (TPSA) is 89.7 Å². The summed E-state index contributed by atoms with van der Waals surface area (Å²) in [6.45, 7) is -0.427. The number of carboxylic acids is 1. The van der Waals surface area contributed by atoms with Crippen LogP contribution in [0.1, 0.15) is 18.4 Å². The van der Waals surface area contributed by atoms with Gasteiger partial charge in [-0.15, -0.1) is 0 Å². The summed E-state index contributed by atoms with van der Waals surface area (Å²) in [6.07, 6.45) is 1.82. The first-order valence-electron chi connectivity index (χ1n) is 5.64. The van der Waals surface area contributed by atoms with Crippen LogP contribution >= 0.6 is 0 Å². The van der Waals surface area contributed by atoms with E-state index in [1.54, 1.807) is 12.1 Å². The smallest absolute Gasteiger partial charge is 0.341 e. The van der Waals surface area contributed by atoms with Gasteiger partial charge in [0.2, 0.25) is 6.54 Å². The second-order valence-electron chi connectivity index (χ2n) is 3.80. The minimum absolute atomic E-state index is 0.0435. The number of benzene rings is 1. The molecule has 98 valence electrons. The van der Waals surface area contributed by atoms with Gasteiger partial charge in [-0.1, -0.05) is 18.2 Å². The lowest BCUT2D eigenvalue weighted by Crippen LogP contribution is -2.10. The Labute approximate surface area is 104 Å². The molecular formula is C12H15NO5. The van der Waals surface area contributed by atoms with Gasteiger partial charge in [0.25, 0.3) is 0 Å². The van der Waals surface area contributed by atoms with Gasteiger partial charge in [-0.05, 0) is 24.5 Å². The molecule has 0 aliphatic rings. The van der Waals surface area contributed by atoms with Gasteiger partial charge in [0.15, 0.2) is 6.61 Å². The average molecular weight is 253 g/mol. The van der Waals surface area contributed by atoms with Gasteiger partial charge in [-0.2, -0.15) is 0 Å². The first-order valence-corrected chi connectivity index (χ1v) is 5.64. The highest BCUT2D eigenvalue weighted by atomic mass is 16.6. The fourth-order valence-corrected chi connectivity index (χ4v) is 1.55. The van der Waals surface area contributed by atoms with Gasteiger partial charge in [0, 0.05) is 11.3 Å². The Morgan fingerprint density at radius 2 is 2.06 bits per heavy atom. The highest BCUT2D eigenvalue weighted by molar-refractivity contribution is 5.68. The maximum atomic E-state index is 10.4. The lowest BCUT2D eigenvalue weighted by Gasteiger charge is -2.09. The van der Waals surface area contributed by atoms with Gasteiger partial charge in [-0.25, -0.2) is 4.79 Å². The number of hydrogen-bond donors (Lipinski definition) is 1. The first-order chi connectivity index (χ1) is 8.59. The van der Waals surface area contributed by atoms with E-state index in [0.717, 1.165) is 5.56 Å². The summed E-state index contributed by atoms with van der Waals surface area (Å²) in [5.74, 6) is -0.501. The molecule has 0 radical (unpaired) electrons. The molecule has 18 heavy (non-hydrogen) atoms. The lowest BCUT2D eigenvalue weighted by atomic mass is 10.1. The average Bonchev–Trinajstić information content (AvgIpc) is 2.33. The fourth-order valence-electron chi connectivity index (χ4n) is 1.55. The van der Waals surface area contributed by atoms with E-state index in [1.807, 2.05) is 12.1 Å². The van der Waals surface area contributed by atoms with Crippen LogP contribution in [0.4, 0.5) is 0 Å². The molecular weight excluding hydrogens is 238 g/mol. The van der Waals surface area contributed by atoms with Crippen molar-refractivity contribution in [2.24, 2.45) is 0 Å². The third-order valence-electron chi connectivity index (χ3n) is 2.36. The molecule has 0 atom stereocenters. The SMILES string of the molecule is O=C(O)COc1ccccc1CCCC[N+](=O)[O-]. The van der Waals surface area contributed by atoms with Crippen molar-refractivity contribution in [2.45, 2.75) is 19.3 Å². The van der Waals surface area contributed by atoms with E-state index in [0.29, 0.717) is 25.0 Å². The number of ether oxygens (including phenoxy) is 1. The van der Waals surface area contributed by atoms with Gasteiger partial charge in [-0.3, -0.25) is 10.1 Å². The Kier molecular flexibility index (Phi) is 5.63. The minimum atomic E-state index is -1.03. The molecule has 0 spiro atoms. The molecule has 0 fully saturated rings. The molecule has 1 N–H and O–H groups in total. The maximum Gasteiger partial charge on any atom is 0.341 e. The largest absolute Gasteiger partial charge is 0.482 e. The first kappa shape index (κ1) is 14.0. The second-order valence-corrected chi connectivity index (χ2v) is 3.80. The predicted molar refractivity (Wildman–Crippen MR) is 64.4 cm³/mol. The van der Waals surface area contributed by atoms with Gasteiger partial charge in [0.05, 0.1) is 0 Å². The Morgan fingerprint density at radius 3 is 2.72 bits per heavy atom. The lowest BCUT2D eigenvalue weighted by molar-refractivity contribution is -0.480. The molecule has 6 heteroatoms. The van der Waals surface area contributed by atoms with E-state index < -0.39 is 5.97 Å². The van der Waals surface area contributed by atoms with E-state index in [-0.39, 0.29) is 18.1 Å². The standard InChI is InChI=1S/C12H15NO5/c14-12(15)9-18-11-7-2-1-5-10(11)6-3-4-8-13(16)17/h1-2,5,7H,3-4,6,8-9H2,(H,14,15). The number of para-hydroxylation sites is 1. The summed E-state index contributed by atoms with van der Waals surface area (Å²) in [7, 11) is 0. The van der Waals surface area contributed by atoms with E-state index in [2.05, 4.69) is 0 Å². The third-order valence-corrected chi connectivity index (χ3v) is 2.36. The van der Waals surface area contributed by atoms with Crippen LogP contribution in [-0.2, 0) is 11.2 Å². The van der Waals surface area contributed by atoms with Crippen molar-refractivity contribution in [2.75, 3.05) is 13.2 Å². The van der Waals surface area contributed by atoms with Crippen molar-refractivity contribution in [1.29, 1.82) is 0 Å². The summed E-state index contributed by atoms with van der Waals surface area (Å²) in [4.78, 5) is 20.2. The number of aryl methyl sites for hydroxylation is 1. The van der Waals surface area contributed by atoms with Gasteiger partial charge >= 0.3 is 5.97 Å². The van der Waals surface area contributed by atoms with Crippen LogP contribution in [0.2, 0.25) is 0 Å². The molecule has 1 rings (SSSR count). The van der Waals surface area contributed by atoms with E-state index in [1.165, 1.54) is 0 Å². The summed E-state index contributed by atoms with van der Waals surface area (Å²) in [6, 6.07) is 7.13. The van der Waals surface area contributed by atoms with E-state index >= 15 is 0 Å². The highest BCUT2D eigenvalue weighted by Gasteiger charge is 2.06. The summed E-state index contributed by atoms with van der Waals surface area (Å²) < 4.78 is 5.14. The number of hydrogen-bond acceptors (Lipinski definition) is 4. The molecule has 0 saturated heterocycles. The zero-order valence-corrected chi connectivity index (χ0v) is 9.87. The Bertz CT molecular complexity index is 419. The van der Waals surface area contributed by atoms with Crippen LogP contribution in [0.25, 0.3) is 0 Å². The number of rotatable bonds is 8. The fraction of sp³-hybridized carbons (Fsp3) is 0.417. The molecule has 0 aliphatic carbocycles. The maximum absolute atomic E-state index is 10.4. The predicted octanol–water partition coefficient (Wildman–Crippen LogP) is 1.75. The molecule has 6 nitrogen and oxygen atoms in total. The summed E-state index contributed by atoms with van der Waals surface area (Å²) in [5, 5.41) is 18.7. The van der Waals surface area contributed by atoms with Crippen molar-refractivity contribution in [3.8, 4) is 5.75 Å². The summed E-state index contributed by atoms with van der Waals surface area (Å²) in [5.41, 5.74) is 0.877. The van der Waals surface area contributed by atoms with Crippen LogP contribution < -0.4 is 4.74 Å². The number of nitrogens with zero attached hydrogens (tertiary/aromatic N) is 1. The van der Waals surface area contributed by atoms with Crippen molar-refractivity contribution in [3.63, 3.8) is 0 Å². The zero-order chi connectivity index (χ0) is 13.4. The minimum Gasteiger partial charge on any atom is -0.482 e. The molecule has 0 saturated carbocycles. The molecule has 0 amide bonds. The Balaban J connectivity index is 2.48. The second kappa shape index (κ2) is 7.26. The number of unbranched alkanes of at least 4 members (excludes halogenated alkanes) is 1. The molecule has 1 aromatic rings. The Morgan fingerprint density at radius 1 is 1.33 bits per heavy atom. The molecule has 0 aliphatic heterocycles. The molecule has 0 heterocycles. The highest BCUT2D eigenvalue weighted by Crippen LogP contribution is 2.20. The monoisotopic (exact) mass is 253 g/mol. The van der Waals surface area contributed by atoms with E-state index in [9.17, 15) is 14.9 Å². The van der Waals surface area contributed by atoms with Gasteiger partial charge in [0.1, 0.15) is 5.75 Å². The number of aliphatic carboxylic acids is 1. The summed E-state index contributed by atoms with van der Waals surface area (Å²) >= 11 is 0. The zero-order valence-electron chi connectivity index (χ0n) is 9.87. The normalized spacial score (nSPS) is 10.0. The number of carboxylic acid groups (broad SMARTS) is 1. The quantitative estimate of drug-likeness (QED) is 0.433. The molecule has 0 bridgehead atoms. The van der Waals surface area contributed by atoms with Crippen molar-refractivity contribution >= 4 is 5.97 Å². The van der Waals surface area contributed by atoms with Crippen LogP contribution in [0.3, 0.4) is 0 Å². The van der Waals surface area contributed by atoms with Crippen molar-refractivity contribution in [1.82, 2.24) is 0 Å². The Hall–Kier alpha value is -2.11. The number of nitro groups is 1.